The van der Waals surface area contributed by atoms with Crippen molar-refractivity contribution >= 4 is 54.4 Å². The molecule has 0 aliphatic rings. The molecule has 0 spiro atoms. The molecule has 0 radical (unpaired) electrons. The van der Waals surface area contributed by atoms with Gasteiger partial charge in [0.2, 0.25) is 5.95 Å². The Morgan fingerprint density at radius 1 is 0.205 bits per heavy atom. The van der Waals surface area contributed by atoms with Gasteiger partial charge in [0.15, 0.2) is 0 Å². The Bertz CT molecular complexity index is 4630. The molecule has 0 bridgehead atoms. The van der Waals surface area contributed by atoms with Crippen molar-refractivity contribution in [1.82, 2.24) is 19.1 Å². The molecule has 4 heteroatoms. The van der Waals surface area contributed by atoms with E-state index in [0.717, 1.165) is 83.2 Å². The van der Waals surface area contributed by atoms with Crippen LogP contribution in [0.15, 0.2) is 291 Å². The van der Waals surface area contributed by atoms with Gasteiger partial charge in [0.05, 0.1) is 39.1 Å². The lowest BCUT2D eigenvalue weighted by Gasteiger charge is -2.13. The van der Waals surface area contributed by atoms with E-state index in [1.54, 1.807) is 0 Å². The topological polar surface area (TPSA) is 35.6 Å². The molecule has 15 rings (SSSR count). The largest absolute Gasteiger partial charge is 0.309 e. The van der Waals surface area contributed by atoms with Crippen molar-refractivity contribution in [2.75, 3.05) is 0 Å². The predicted octanol–water partition coefficient (Wildman–Crippen LogP) is 19.5. The minimum atomic E-state index is 0.610. The maximum atomic E-state index is 5.49. The van der Waals surface area contributed by atoms with Crippen LogP contribution in [0.2, 0.25) is 0 Å². The van der Waals surface area contributed by atoms with Gasteiger partial charge >= 0.3 is 0 Å². The molecule has 12 aromatic carbocycles. The normalized spacial score (nSPS) is 11.6. The van der Waals surface area contributed by atoms with E-state index in [1.165, 1.54) is 55.0 Å². The van der Waals surface area contributed by atoms with Crippen molar-refractivity contribution in [3.8, 4) is 89.8 Å². The number of benzene rings is 12. The highest BCUT2D eigenvalue weighted by Gasteiger charge is 2.21. The average molecular weight is 993 g/mol. The molecular formula is C74H48N4. The molecule has 3 heterocycles. The Balaban J connectivity index is 0.928. The highest BCUT2D eigenvalue weighted by molar-refractivity contribution is 6.14. The second-order valence-electron chi connectivity index (χ2n) is 20.2. The second-order valence-corrected chi connectivity index (χ2v) is 20.2. The van der Waals surface area contributed by atoms with Crippen LogP contribution in [0, 0.1) is 0 Å². The molecule has 0 saturated heterocycles. The molecule has 78 heavy (non-hydrogen) atoms. The molecule has 0 fully saturated rings. The van der Waals surface area contributed by atoms with Crippen molar-refractivity contribution in [2.24, 2.45) is 0 Å². The fraction of sp³-hybridized carbons (Fsp3) is 0. The van der Waals surface area contributed by atoms with Crippen LogP contribution in [0.4, 0.5) is 0 Å². The number of rotatable bonds is 9. The van der Waals surface area contributed by atoms with Gasteiger partial charge in [0.1, 0.15) is 0 Å². The highest BCUT2D eigenvalue weighted by atomic mass is 15.2. The SMILES string of the molecule is c1ccc(-c2ccc(-c3cc(-c4ccc(-c5ccccc5)cc4)nc(-n4c5ccc(-c6ccccc6)cc5c5cc(-c6ccc7c(c6)c6cc(-c8ccccc8)ccc6n7-c6cccc7ccccc67)ccc54)n3)cc2)cc1. The first-order valence-corrected chi connectivity index (χ1v) is 26.6. The minimum absolute atomic E-state index is 0.610. The Morgan fingerprint density at radius 3 is 0.936 bits per heavy atom. The molecule has 3 aromatic heterocycles. The van der Waals surface area contributed by atoms with Gasteiger partial charge in [0, 0.05) is 38.1 Å². The van der Waals surface area contributed by atoms with Crippen LogP contribution in [0.25, 0.3) is 144 Å². The van der Waals surface area contributed by atoms with Gasteiger partial charge in [-0.2, -0.15) is 0 Å². The van der Waals surface area contributed by atoms with E-state index in [1.807, 2.05) is 0 Å². The zero-order chi connectivity index (χ0) is 51.5. The lowest BCUT2D eigenvalue weighted by molar-refractivity contribution is 0.996. The Morgan fingerprint density at radius 2 is 0.513 bits per heavy atom. The van der Waals surface area contributed by atoms with E-state index in [-0.39, 0.29) is 0 Å². The summed E-state index contributed by atoms with van der Waals surface area (Å²) in [5.41, 5.74) is 20.9. The Labute approximate surface area is 452 Å². The summed E-state index contributed by atoms with van der Waals surface area (Å²) in [6.45, 7) is 0. The van der Waals surface area contributed by atoms with E-state index in [0.29, 0.717) is 5.95 Å². The number of nitrogens with zero attached hydrogens (tertiary/aromatic N) is 4. The molecule has 0 atom stereocenters. The molecule has 0 unspecified atom stereocenters. The molecule has 0 saturated carbocycles. The van der Waals surface area contributed by atoms with Gasteiger partial charge in [-0.3, -0.25) is 4.57 Å². The van der Waals surface area contributed by atoms with Crippen LogP contribution in [0.3, 0.4) is 0 Å². The number of aromatic nitrogens is 4. The van der Waals surface area contributed by atoms with Gasteiger partial charge < -0.3 is 4.57 Å². The summed E-state index contributed by atoms with van der Waals surface area (Å²) in [4.78, 5) is 11.0. The maximum Gasteiger partial charge on any atom is 0.235 e. The minimum Gasteiger partial charge on any atom is -0.309 e. The summed E-state index contributed by atoms with van der Waals surface area (Å²) in [6, 6.07) is 105. The quantitative estimate of drug-likeness (QED) is 0.144. The van der Waals surface area contributed by atoms with Gasteiger partial charge in [-0.15, -0.1) is 0 Å². The van der Waals surface area contributed by atoms with E-state index in [2.05, 4.69) is 300 Å². The fourth-order valence-corrected chi connectivity index (χ4v) is 11.7. The summed E-state index contributed by atoms with van der Waals surface area (Å²) in [6.07, 6.45) is 0. The zero-order valence-electron chi connectivity index (χ0n) is 42.5. The summed E-state index contributed by atoms with van der Waals surface area (Å²) >= 11 is 0. The molecule has 4 nitrogen and oxygen atoms in total. The Hall–Kier alpha value is -10.4. The Kier molecular flexibility index (Phi) is 10.8. The third-order valence-corrected chi connectivity index (χ3v) is 15.6. The number of fused-ring (bicyclic) bond motifs is 7. The van der Waals surface area contributed by atoms with Crippen LogP contribution in [-0.4, -0.2) is 19.1 Å². The fourth-order valence-electron chi connectivity index (χ4n) is 11.7. The molecule has 0 N–H and O–H groups in total. The van der Waals surface area contributed by atoms with Crippen LogP contribution in [-0.2, 0) is 0 Å². The summed E-state index contributed by atoms with van der Waals surface area (Å²) in [5, 5.41) is 7.10. The molecular weight excluding hydrogens is 945 g/mol. The van der Waals surface area contributed by atoms with E-state index >= 15 is 0 Å². The van der Waals surface area contributed by atoms with Crippen LogP contribution in [0.5, 0.6) is 0 Å². The molecule has 364 valence electrons. The average Bonchev–Trinajstić information content (AvgIpc) is 4.25. The van der Waals surface area contributed by atoms with Crippen molar-refractivity contribution < 1.29 is 0 Å². The van der Waals surface area contributed by atoms with Gasteiger partial charge in [-0.25, -0.2) is 9.97 Å². The molecule has 0 aliphatic carbocycles. The monoisotopic (exact) mass is 992 g/mol. The molecule has 15 aromatic rings. The first-order valence-electron chi connectivity index (χ1n) is 26.6. The maximum absolute atomic E-state index is 5.49. The van der Waals surface area contributed by atoms with Gasteiger partial charge in [-0.05, 0) is 122 Å². The van der Waals surface area contributed by atoms with Gasteiger partial charge in [0.25, 0.3) is 0 Å². The highest BCUT2D eigenvalue weighted by Crippen LogP contribution is 2.42. The van der Waals surface area contributed by atoms with E-state index in [4.69, 9.17) is 9.97 Å². The molecule has 0 aliphatic heterocycles. The molecule has 0 amide bonds. The predicted molar refractivity (Wildman–Crippen MR) is 326 cm³/mol. The first kappa shape index (κ1) is 45.0. The third kappa shape index (κ3) is 7.86. The van der Waals surface area contributed by atoms with Crippen LogP contribution >= 0.6 is 0 Å². The lowest BCUT2D eigenvalue weighted by atomic mass is 9.98. The van der Waals surface area contributed by atoms with Crippen molar-refractivity contribution in [3.63, 3.8) is 0 Å². The van der Waals surface area contributed by atoms with Crippen LogP contribution in [0.1, 0.15) is 0 Å². The number of hydrogen-bond donors (Lipinski definition) is 0. The smallest absolute Gasteiger partial charge is 0.235 e. The lowest BCUT2D eigenvalue weighted by Crippen LogP contribution is -2.04. The van der Waals surface area contributed by atoms with Crippen molar-refractivity contribution in [1.29, 1.82) is 0 Å². The standard InChI is InChI=1S/C74H48N4/c1-5-16-49(17-6-1)53-28-32-56(33-29-53)67-48-68(57-34-30-54(31-35-57)50-18-7-2-8-19-50)76-74(75-67)78-72-42-37-59(52-22-11-4-12-23-52)45-65(72)66-47-61(39-43-73(66)78)60-38-41-71-64(46-60)63-44-58(51-20-9-3-10-21-51)36-40-70(63)77(71)69-27-15-25-55-24-13-14-26-62(55)69/h1-48H. The first-order chi connectivity index (χ1) is 38.6. The van der Waals surface area contributed by atoms with Gasteiger partial charge in [-0.1, -0.05) is 231 Å². The van der Waals surface area contributed by atoms with E-state index in [9.17, 15) is 0 Å². The number of hydrogen-bond acceptors (Lipinski definition) is 2. The second kappa shape index (κ2) is 18.7. The zero-order valence-corrected chi connectivity index (χ0v) is 42.5. The van der Waals surface area contributed by atoms with Crippen LogP contribution < -0.4 is 0 Å². The summed E-state index contributed by atoms with van der Waals surface area (Å²) < 4.78 is 4.71. The van der Waals surface area contributed by atoms with Crippen molar-refractivity contribution in [3.05, 3.63) is 291 Å². The summed E-state index contributed by atoms with van der Waals surface area (Å²) in [5.74, 6) is 0.610. The van der Waals surface area contributed by atoms with Crippen molar-refractivity contribution in [2.45, 2.75) is 0 Å². The van der Waals surface area contributed by atoms with E-state index < -0.39 is 0 Å². The summed E-state index contributed by atoms with van der Waals surface area (Å²) in [7, 11) is 0. The third-order valence-electron chi connectivity index (χ3n) is 15.6.